The molecule has 0 aliphatic heterocycles. The molecule has 0 radical (unpaired) electrons. The van der Waals surface area contributed by atoms with Gasteiger partial charge >= 0.3 is 5.97 Å². The molecule has 2 aliphatic rings. The average Bonchev–Trinajstić information content (AvgIpc) is 3.21. The Morgan fingerprint density at radius 3 is 2.56 bits per heavy atom. The first-order valence-corrected chi connectivity index (χ1v) is 6.81. The molecule has 1 unspecified atom stereocenters. The molecule has 2 fully saturated rings. The van der Waals surface area contributed by atoms with Crippen LogP contribution in [0, 0.1) is 5.92 Å². The van der Waals surface area contributed by atoms with Crippen molar-refractivity contribution in [2.24, 2.45) is 5.92 Å². The molecule has 2 saturated carbocycles. The lowest BCUT2D eigenvalue weighted by atomic mass is 10.2. The minimum Gasteiger partial charge on any atom is -0.468 e. The molecule has 2 aliphatic carbocycles. The van der Waals surface area contributed by atoms with Crippen LogP contribution in [0.15, 0.2) is 0 Å². The highest BCUT2D eigenvalue weighted by atomic mass is 16.5. The normalized spacial score (nSPS) is 20.3. The van der Waals surface area contributed by atoms with Crippen molar-refractivity contribution in [1.82, 2.24) is 10.6 Å². The minimum atomic E-state index is -0.181. The molecule has 0 heterocycles. The van der Waals surface area contributed by atoms with Gasteiger partial charge in [0, 0.05) is 12.5 Å². The zero-order valence-electron chi connectivity index (χ0n) is 10.9. The van der Waals surface area contributed by atoms with Crippen LogP contribution in [-0.4, -0.2) is 37.6 Å². The number of amides is 1. The Bertz CT molecular complexity index is 311. The van der Waals surface area contributed by atoms with Gasteiger partial charge in [0.2, 0.25) is 5.91 Å². The van der Waals surface area contributed by atoms with Crippen LogP contribution in [0.25, 0.3) is 0 Å². The van der Waals surface area contributed by atoms with Crippen LogP contribution in [0.3, 0.4) is 0 Å². The van der Waals surface area contributed by atoms with E-state index in [0.717, 1.165) is 32.1 Å². The molecular formula is C13H22N2O3. The van der Waals surface area contributed by atoms with E-state index in [0.29, 0.717) is 24.9 Å². The van der Waals surface area contributed by atoms with Crippen molar-refractivity contribution in [3.8, 4) is 0 Å². The van der Waals surface area contributed by atoms with Crippen LogP contribution in [0.4, 0.5) is 0 Å². The maximum atomic E-state index is 11.5. The summed E-state index contributed by atoms with van der Waals surface area (Å²) < 4.78 is 4.77. The molecule has 18 heavy (non-hydrogen) atoms. The topological polar surface area (TPSA) is 67.4 Å². The largest absolute Gasteiger partial charge is 0.468 e. The SMILES string of the molecule is COC(=O)C(NCCCC(=O)NC1CC1)C1CC1. The number of carbonyl (C=O) groups excluding carboxylic acids is 2. The van der Waals surface area contributed by atoms with Crippen LogP contribution in [-0.2, 0) is 14.3 Å². The first kappa shape index (κ1) is 13.3. The summed E-state index contributed by atoms with van der Waals surface area (Å²) >= 11 is 0. The second-order valence-corrected chi connectivity index (χ2v) is 5.24. The van der Waals surface area contributed by atoms with Crippen LogP contribution < -0.4 is 10.6 Å². The third kappa shape index (κ3) is 4.29. The fourth-order valence-corrected chi connectivity index (χ4v) is 2.03. The monoisotopic (exact) mass is 254 g/mol. The van der Waals surface area contributed by atoms with Gasteiger partial charge in [0.25, 0.3) is 0 Å². The number of carbonyl (C=O) groups is 2. The van der Waals surface area contributed by atoms with Gasteiger partial charge in [-0.25, -0.2) is 0 Å². The van der Waals surface area contributed by atoms with Crippen molar-refractivity contribution in [3.05, 3.63) is 0 Å². The van der Waals surface area contributed by atoms with E-state index >= 15 is 0 Å². The number of methoxy groups -OCH3 is 1. The fourth-order valence-electron chi connectivity index (χ4n) is 2.03. The van der Waals surface area contributed by atoms with E-state index in [9.17, 15) is 9.59 Å². The lowest BCUT2D eigenvalue weighted by Gasteiger charge is -2.15. The molecule has 0 spiro atoms. The number of nitrogens with one attached hydrogen (secondary N) is 2. The highest BCUT2D eigenvalue weighted by Crippen LogP contribution is 2.33. The van der Waals surface area contributed by atoms with Gasteiger partial charge in [0.05, 0.1) is 7.11 Å². The zero-order valence-corrected chi connectivity index (χ0v) is 10.9. The molecule has 1 amide bonds. The third-order valence-electron chi connectivity index (χ3n) is 3.44. The molecule has 5 nitrogen and oxygen atoms in total. The van der Waals surface area contributed by atoms with Gasteiger partial charge in [-0.1, -0.05) is 0 Å². The maximum absolute atomic E-state index is 11.5. The highest BCUT2D eigenvalue weighted by molar-refractivity contribution is 5.77. The summed E-state index contributed by atoms with van der Waals surface area (Å²) in [5.41, 5.74) is 0. The predicted molar refractivity (Wildman–Crippen MR) is 66.9 cm³/mol. The third-order valence-corrected chi connectivity index (χ3v) is 3.44. The number of hydrogen-bond donors (Lipinski definition) is 2. The molecule has 0 bridgehead atoms. The predicted octanol–water partition coefficient (Wildman–Crippen LogP) is 0.586. The summed E-state index contributed by atoms with van der Waals surface area (Å²) in [6, 6.07) is 0.251. The quantitative estimate of drug-likeness (QED) is 0.491. The van der Waals surface area contributed by atoms with E-state index < -0.39 is 0 Å². The average molecular weight is 254 g/mol. The Balaban J connectivity index is 1.57. The second-order valence-electron chi connectivity index (χ2n) is 5.24. The van der Waals surface area contributed by atoms with E-state index in [2.05, 4.69) is 10.6 Å². The van der Waals surface area contributed by atoms with Crippen LogP contribution in [0.1, 0.15) is 38.5 Å². The lowest BCUT2D eigenvalue weighted by Crippen LogP contribution is -2.40. The van der Waals surface area contributed by atoms with E-state index in [1.54, 1.807) is 0 Å². The van der Waals surface area contributed by atoms with Gasteiger partial charge in [0.15, 0.2) is 0 Å². The summed E-state index contributed by atoms with van der Waals surface area (Å²) in [6.45, 7) is 0.689. The first-order valence-electron chi connectivity index (χ1n) is 6.81. The first-order chi connectivity index (χ1) is 8.70. The maximum Gasteiger partial charge on any atom is 0.323 e. The van der Waals surface area contributed by atoms with Crippen LogP contribution >= 0.6 is 0 Å². The van der Waals surface area contributed by atoms with E-state index in [-0.39, 0.29) is 17.9 Å². The van der Waals surface area contributed by atoms with E-state index in [4.69, 9.17) is 4.74 Å². The van der Waals surface area contributed by atoms with Crippen molar-refractivity contribution in [2.75, 3.05) is 13.7 Å². The molecule has 0 aromatic rings. The van der Waals surface area contributed by atoms with E-state index in [1.165, 1.54) is 7.11 Å². The van der Waals surface area contributed by atoms with Crippen LogP contribution in [0.5, 0.6) is 0 Å². The molecule has 102 valence electrons. The number of esters is 1. The Hall–Kier alpha value is -1.10. The summed E-state index contributed by atoms with van der Waals surface area (Å²) in [5.74, 6) is 0.373. The molecule has 5 heteroatoms. The molecular weight excluding hydrogens is 232 g/mol. The van der Waals surface area contributed by atoms with Crippen molar-refractivity contribution in [3.63, 3.8) is 0 Å². The van der Waals surface area contributed by atoms with Crippen molar-refractivity contribution < 1.29 is 14.3 Å². The summed E-state index contributed by atoms with van der Waals surface area (Å²) in [5, 5.41) is 6.15. The Morgan fingerprint density at radius 1 is 1.28 bits per heavy atom. The molecule has 0 aromatic carbocycles. The van der Waals surface area contributed by atoms with Crippen molar-refractivity contribution in [2.45, 2.75) is 50.6 Å². The highest BCUT2D eigenvalue weighted by Gasteiger charge is 2.36. The van der Waals surface area contributed by atoms with Crippen molar-refractivity contribution >= 4 is 11.9 Å². The van der Waals surface area contributed by atoms with E-state index in [1.807, 2.05) is 0 Å². The van der Waals surface area contributed by atoms with Gasteiger partial charge in [-0.3, -0.25) is 9.59 Å². The Morgan fingerprint density at radius 2 is 2.00 bits per heavy atom. The van der Waals surface area contributed by atoms with Gasteiger partial charge in [-0.05, 0) is 44.6 Å². The zero-order chi connectivity index (χ0) is 13.0. The molecule has 2 rings (SSSR count). The molecule has 2 N–H and O–H groups in total. The fraction of sp³-hybridized carbons (Fsp3) is 0.846. The summed E-state index contributed by atoms with van der Waals surface area (Å²) in [7, 11) is 1.42. The number of ether oxygens (including phenoxy) is 1. The second kappa shape index (κ2) is 6.18. The number of rotatable bonds is 8. The Kier molecular flexibility index (Phi) is 4.58. The van der Waals surface area contributed by atoms with Gasteiger partial charge in [0.1, 0.15) is 6.04 Å². The van der Waals surface area contributed by atoms with Gasteiger partial charge in [-0.15, -0.1) is 0 Å². The minimum absolute atomic E-state index is 0.125. The summed E-state index contributed by atoms with van der Waals surface area (Å²) in [6.07, 6.45) is 5.72. The summed E-state index contributed by atoms with van der Waals surface area (Å²) in [4.78, 5) is 23.0. The van der Waals surface area contributed by atoms with Crippen molar-refractivity contribution in [1.29, 1.82) is 0 Å². The molecule has 0 aromatic heterocycles. The molecule has 1 atom stereocenters. The standard InChI is InChI=1S/C13H22N2O3/c1-18-13(17)12(9-4-5-9)14-8-2-3-11(16)15-10-6-7-10/h9-10,12,14H,2-8H2,1H3,(H,15,16). The number of hydrogen-bond acceptors (Lipinski definition) is 4. The van der Waals surface area contributed by atoms with Gasteiger partial charge < -0.3 is 15.4 Å². The smallest absolute Gasteiger partial charge is 0.323 e. The lowest BCUT2D eigenvalue weighted by molar-refractivity contribution is -0.143. The van der Waals surface area contributed by atoms with Crippen LogP contribution in [0.2, 0.25) is 0 Å². The molecule has 0 saturated heterocycles. The Labute approximate surface area is 108 Å². The van der Waals surface area contributed by atoms with Gasteiger partial charge in [-0.2, -0.15) is 0 Å².